The summed E-state index contributed by atoms with van der Waals surface area (Å²) in [4.78, 5) is 14.8. The van der Waals surface area contributed by atoms with E-state index in [2.05, 4.69) is 71.6 Å². The van der Waals surface area contributed by atoms with E-state index in [1.807, 2.05) is 48.5 Å². The number of anilines is 3. The molecular formula is C31H21NO2. The summed E-state index contributed by atoms with van der Waals surface area (Å²) in [5, 5.41) is 2.96. The fourth-order valence-electron chi connectivity index (χ4n) is 4.43. The molecule has 0 atom stereocenters. The van der Waals surface area contributed by atoms with Crippen molar-refractivity contribution in [2.75, 3.05) is 4.90 Å². The topological polar surface area (TPSA) is 33.5 Å². The summed E-state index contributed by atoms with van der Waals surface area (Å²) in [6.45, 7) is 0. The highest BCUT2D eigenvalue weighted by Gasteiger charge is 2.15. The molecule has 0 fully saturated rings. The minimum absolute atomic E-state index is 0.0393. The van der Waals surface area contributed by atoms with Gasteiger partial charge in [-0.05, 0) is 60.0 Å². The van der Waals surface area contributed by atoms with Crippen LogP contribution in [0.1, 0.15) is 0 Å². The zero-order valence-electron chi connectivity index (χ0n) is 18.4. The minimum atomic E-state index is -0.0393. The van der Waals surface area contributed by atoms with Gasteiger partial charge in [0.1, 0.15) is 11.3 Å². The molecule has 0 saturated carbocycles. The lowest BCUT2D eigenvalue weighted by Gasteiger charge is -2.27. The smallest absolute Gasteiger partial charge is 0.193 e. The molecule has 0 N–H and O–H groups in total. The van der Waals surface area contributed by atoms with E-state index in [0.717, 1.165) is 22.6 Å². The van der Waals surface area contributed by atoms with Gasteiger partial charge in [-0.2, -0.15) is 0 Å². The van der Waals surface area contributed by atoms with Crippen LogP contribution in [0.15, 0.2) is 137 Å². The van der Waals surface area contributed by atoms with E-state index in [1.54, 1.807) is 12.1 Å². The van der Waals surface area contributed by atoms with Gasteiger partial charge in [0.2, 0.25) is 0 Å². The summed E-state index contributed by atoms with van der Waals surface area (Å²) < 4.78 is 6.04. The van der Waals surface area contributed by atoms with Gasteiger partial charge in [-0.3, -0.25) is 4.79 Å². The normalized spacial score (nSPS) is 11.1. The number of fused-ring (bicyclic) bond motifs is 2. The van der Waals surface area contributed by atoms with Crippen LogP contribution in [0.25, 0.3) is 33.1 Å². The average Bonchev–Trinajstić information content (AvgIpc) is 2.90. The molecular weight excluding hydrogens is 418 g/mol. The maximum atomic E-state index is 12.6. The van der Waals surface area contributed by atoms with Crippen molar-refractivity contribution in [2.45, 2.75) is 0 Å². The van der Waals surface area contributed by atoms with Crippen LogP contribution >= 0.6 is 0 Å². The van der Waals surface area contributed by atoms with Gasteiger partial charge in [0.05, 0.1) is 11.1 Å². The lowest BCUT2D eigenvalue weighted by molar-refractivity contribution is 0.619. The average molecular weight is 440 g/mol. The molecule has 0 aliphatic carbocycles. The number of hydrogen-bond acceptors (Lipinski definition) is 3. The number of hydrogen-bond donors (Lipinski definition) is 0. The molecule has 0 bridgehead atoms. The van der Waals surface area contributed by atoms with E-state index in [-0.39, 0.29) is 5.43 Å². The van der Waals surface area contributed by atoms with Gasteiger partial charge in [-0.25, -0.2) is 0 Å². The van der Waals surface area contributed by atoms with Gasteiger partial charge < -0.3 is 9.32 Å². The molecule has 162 valence electrons. The molecule has 0 amide bonds. The maximum absolute atomic E-state index is 12.6. The van der Waals surface area contributed by atoms with Crippen molar-refractivity contribution >= 4 is 38.8 Å². The van der Waals surface area contributed by atoms with E-state index < -0.39 is 0 Å². The summed E-state index contributed by atoms with van der Waals surface area (Å²) in [5.41, 5.74) is 4.61. The van der Waals surface area contributed by atoms with Gasteiger partial charge in [-0.1, -0.05) is 66.7 Å². The standard InChI is InChI=1S/C31H21NO2/c33-29-21-31(34-30-16-7-6-14-27(29)30)23-17-19-25(20-18-23)32(24-11-2-1-3-12-24)28-15-8-10-22-9-4-5-13-26(22)28/h1-21H. The lowest BCUT2D eigenvalue weighted by Crippen LogP contribution is -2.10. The first-order valence-corrected chi connectivity index (χ1v) is 11.2. The van der Waals surface area contributed by atoms with Crippen LogP contribution in [0.2, 0.25) is 0 Å². The summed E-state index contributed by atoms with van der Waals surface area (Å²) in [6.07, 6.45) is 0. The number of para-hydroxylation sites is 2. The van der Waals surface area contributed by atoms with Crippen molar-refractivity contribution in [3.8, 4) is 11.3 Å². The minimum Gasteiger partial charge on any atom is -0.456 e. The predicted octanol–water partition coefficient (Wildman–Crippen LogP) is 8.08. The quantitative estimate of drug-likeness (QED) is 0.278. The first-order chi connectivity index (χ1) is 16.8. The fraction of sp³-hybridized carbons (Fsp3) is 0. The van der Waals surface area contributed by atoms with E-state index in [1.165, 1.54) is 10.8 Å². The first kappa shape index (κ1) is 20.0. The zero-order chi connectivity index (χ0) is 22.9. The van der Waals surface area contributed by atoms with Crippen molar-refractivity contribution in [1.82, 2.24) is 0 Å². The first-order valence-electron chi connectivity index (χ1n) is 11.2. The number of benzene rings is 5. The molecule has 0 aliphatic rings. The lowest BCUT2D eigenvalue weighted by atomic mass is 10.1. The molecule has 3 nitrogen and oxygen atoms in total. The molecule has 1 aromatic heterocycles. The Labute approximate surface area is 197 Å². The summed E-state index contributed by atoms with van der Waals surface area (Å²) in [5.74, 6) is 0.562. The largest absolute Gasteiger partial charge is 0.456 e. The maximum Gasteiger partial charge on any atom is 0.193 e. The van der Waals surface area contributed by atoms with Gasteiger partial charge in [-0.15, -0.1) is 0 Å². The molecule has 6 aromatic rings. The molecule has 6 rings (SSSR count). The monoisotopic (exact) mass is 439 g/mol. The highest BCUT2D eigenvalue weighted by Crippen LogP contribution is 2.39. The van der Waals surface area contributed by atoms with Crippen molar-refractivity contribution < 1.29 is 4.42 Å². The van der Waals surface area contributed by atoms with Gasteiger partial charge >= 0.3 is 0 Å². The van der Waals surface area contributed by atoms with Crippen LogP contribution in [-0.2, 0) is 0 Å². The Morgan fingerprint density at radius 2 is 1.21 bits per heavy atom. The van der Waals surface area contributed by atoms with Crippen LogP contribution < -0.4 is 10.3 Å². The fourth-order valence-corrected chi connectivity index (χ4v) is 4.43. The van der Waals surface area contributed by atoms with Crippen LogP contribution in [0.5, 0.6) is 0 Å². The summed E-state index contributed by atoms with van der Waals surface area (Å²) in [6, 6.07) is 42.2. The Hall–Kier alpha value is -4.63. The van der Waals surface area contributed by atoms with E-state index in [9.17, 15) is 4.79 Å². The van der Waals surface area contributed by atoms with E-state index in [0.29, 0.717) is 16.7 Å². The van der Waals surface area contributed by atoms with Crippen molar-refractivity contribution in [1.29, 1.82) is 0 Å². The van der Waals surface area contributed by atoms with Crippen molar-refractivity contribution in [3.05, 3.63) is 138 Å². The Bertz CT molecular complexity index is 1660. The second kappa shape index (κ2) is 8.38. The summed E-state index contributed by atoms with van der Waals surface area (Å²) >= 11 is 0. The van der Waals surface area contributed by atoms with Crippen molar-refractivity contribution in [2.24, 2.45) is 0 Å². The Kier molecular flexibility index (Phi) is 4.93. The van der Waals surface area contributed by atoms with Crippen LogP contribution in [0.3, 0.4) is 0 Å². The van der Waals surface area contributed by atoms with Gasteiger partial charge in [0, 0.05) is 28.4 Å². The second-order valence-corrected chi connectivity index (χ2v) is 8.19. The number of rotatable bonds is 4. The van der Waals surface area contributed by atoms with Gasteiger partial charge in [0.25, 0.3) is 0 Å². The summed E-state index contributed by atoms with van der Waals surface area (Å²) in [7, 11) is 0. The SMILES string of the molecule is O=c1cc(-c2ccc(N(c3ccccc3)c3cccc4ccccc34)cc2)oc2ccccc12. The van der Waals surface area contributed by atoms with Crippen LogP contribution in [-0.4, -0.2) is 0 Å². The van der Waals surface area contributed by atoms with Crippen molar-refractivity contribution in [3.63, 3.8) is 0 Å². The molecule has 34 heavy (non-hydrogen) atoms. The third-order valence-electron chi connectivity index (χ3n) is 6.07. The van der Waals surface area contributed by atoms with Gasteiger partial charge in [0.15, 0.2) is 5.43 Å². The molecule has 5 aromatic carbocycles. The zero-order valence-corrected chi connectivity index (χ0v) is 18.4. The second-order valence-electron chi connectivity index (χ2n) is 8.19. The molecule has 0 aliphatic heterocycles. The van der Waals surface area contributed by atoms with E-state index >= 15 is 0 Å². The van der Waals surface area contributed by atoms with Crippen LogP contribution in [0.4, 0.5) is 17.1 Å². The third-order valence-corrected chi connectivity index (χ3v) is 6.07. The molecule has 0 saturated heterocycles. The molecule has 0 unspecified atom stereocenters. The Morgan fingerprint density at radius 1 is 0.559 bits per heavy atom. The Balaban J connectivity index is 1.48. The molecule has 1 heterocycles. The Morgan fingerprint density at radius 3 is 2.03 bits per heavy atom. The molecule has 3 heteroatoms. The van der Waals surface area contributed by atoms with Crippen LogP contribution in [0, 0.1) is 0 Å². The molecule has 0 radical (unpaired) electrons. The van der Waals surface area contributed by atoms with E-state index in [4.69, 9.17) is 4.42 Å². The highest BCUT2D eigenvalue weighted by atomic mass is 16.3. The molecule has 0 spiro atoms. The predicted molar refractivity (Wildman–Crippen MR) is 140 cm³/mol. The third kappa shape index (κ3) is 3.54. The number of nitrogens with zero attached hydrogens (tertiary/aromatic N) is 1. The highest BCUT2D eigenvalue weighted by molar-refractivity contribution is 5.98.